The van der Waals surface area contributed by atoms with Crippen molar-refractivity contribution in [1.82, 2.24) is 15.8 Å². The van der Waals surface area contributed by atoms with Gasteiger partial charge in [0, 0.05) is 16.2 Å². The minimum absolute atomic E-state index is 0.346. The topological polar surface area (TPSA) is 74.0 Å². The van der Waals surface area contributed by atoms with Crippen molar-refractivity contribution in [3.63, 3.8) is 0 Å². The monoisotopic (exact) mass is 335 g/mol. The smallest absolute Gasteiger partial charge is 0.286 e. The molecule has 2 rings (SSSR count). The van der Waals surface area contributed by atoms with E-state index in [-0.39, 0.29) is 5.91 Å². The van der Waals surface area contributed by atoms with E-state index in [0.717, 1.165) is 15.6 Å². The molecule has 0 saturated heterocycles. The summed E-state index contributed by atoms with van der Waals surface area (Å²) >= 11 is 3.23. The largest absolute Gasteiger partial charge is 0.356 e. The maximum atomic E-state index is 12.0. The van der Waals surface area contributed by atoms with Gasteiger partial charge < -0.3 is 4.98 Å². The number of halogens is 1. The Bertz CT molecular complexity index is 664. The second-order valence-electron chi connectivity index (χ2n) is 4.46. The molecule has 6 heteroatoms. The van der Waals surface area contributed by atoms with Gasteiger partial charge in [-0.1, -0.05) is 17.7 Å². The van der Waals surface area contributed by atoms with E-state index in [0.29, 0.717) is 11.3 Å². The minimum atomic E-state index is -0.409. The zero-order chi connectivity index (χ0) is 14.7. The summed E-state index contributed by atoms with van der Waals surface area (Å²) in [4.78, 5) is 26.5. The summed E-state index contributed by atoms with van der Waals surface area (Å²) in [5, 5.41) is 0. The number of hydrogen-bond donors (Lipinski definition) is 3. The summed E-state index contributed by atoms with van der Waals surface area (Å²) in [6.45, 7) is 3.81. The SMILES string of the molecule is Cc1ccc(C(=O)NNC(=O)c2cc(Br)c[nH]2)c(C)c1. The number of nitrogens with one attached hydrogen (secondary N) is 3. The maximum absolute atomic E-state index is 12.0. The van der Waals surface area contributed by atoms with Gasteiger partial charge in [-0.3, -0.25) is 20.4 Å². The van der Waals surface area contributed by atoms with E-state index in [9.17, 15) is 9.59 Å². The van der Waals surface area contributed by atoms with E-state index in [1.54, 1.807) is 18.3 Å². The number of benzene rings is 1. The van der Waals surface area contributed by atoms with Gasteiger partial charge in [-0.05, 0) is 47.5 Å². The zero-order valence-electron chi connectivity index (χ0n) is 11.1. The Labute approximate surface area is 124 Å². The van der Waals surface area contributed by atoms with Crippen LogP contribution in [0.5, 0.6) is 0 Å². The molecule has 0 fully saturated rings. The lowest BCUT2D eigenvalue weighted by molar-refractivity contribution is 0.0844. The van der Waals surface area contributed by atoms with E-state index >= 15 is 0 Å². The molecule has 5 nitrogen and oxygen atoms in total. The van der Waals surface area contributed by atoms with Gasteiger partial charge in [-0.2, -0.15) is 0 Å². The first kappa shape index (κ1) is 14.3. The number of aryl methyl sites for hydroxylation is 2. The number of hydrazine groups is 1. The zero-order valence-corrected chi connectivity index (χ0v) is 12.7. The Hall–Kier alpha value is -2.08. The number of amides is 2. The highest BCUT2D eigenvalue weighted by molar-refractivity contribution is 9.10. The third-order valence-electron chi connectivity index (χ3n) is 2.81. The van der Waals surface area contributed by atoms with Gasteiger partial charge in [0.1, 0.15) is 5.69 Å². The summed E-state index contributed by atoms with van der Waals surface area (Å²) in [5.74, 6) is -0.754. The van der Waals surface area contributed by atoms with Crippen LogP contribution in [0.3, 0.4) is 0 Å². The fourth-order valence-electron chi connectivity index (χ4n) is 1.82. The van der Waals surface area contributed by atoms with Crippen LogP contribution in [-0.4, -0.2) is 16.8 Å². The summed E-state index contributed by atoms with van der Waals surface area (Å²) in [6, 6.07) is 7.13. The molecule has 0 aliphatic carbocycles. The van der Waals surface area contributed by atoms with Crippen LogP contribution in [0.15, 0.2) is 34.9 Å². The predicted octanol–water partition coefficient (Wildman–Crippen LogP) is 2.47. The van der Waals surface area contributed by atoms with E-state index in [1.165, 1.54) is 0 Å². The lowest BCUT2D eigenvalue weighted by atomic mass is 10.1. The Morgan fingerprint density at radius 2 is 1.80 bits per heavy atom. The predicted molar refractivity (Wildman–Crippen MR) is 79.3 cm³/mol. The summed E-state index contributed by atoms with van der Waals surface area (Å²) in [6.07, 6.45) is 1.64. The summed E-state index contributed by atoms with van der Waals surface area (Å²) in [5.41, 5.74) is 7.59. The molecule has 0 bridgehead atoms. The van der Waals surface area contributed by atoms with Crippen LogP contribution in [0, 0.1) is 13.8 Å². The lowest BCUT2D eigenvalue weighted by Gasteiger charge is -2.09. The van der Waals surface area contributed by atoms with Crippen molar-refractivity contribution < 1.29 is 9.59 Å². The molecule has 3 N–H and O–H groups in total. The highest BCUT2D eigenvalue weighted by Gasteiger charge is 2.12. The van der Waals surface area contributed by atoms with Gasteiger partial charge in [-0.25, -0.2) is 0 Å². The van der Waals surface area contributed by atoms with Crippen LogP contribution in [0.4, 0.5) is 0 Å². The second kappa shape index (κ2) is 5.92. The van der Waals surface area contributed by atoms with E-state index in [1.807, 2.05) is 26.0 Å². The molecule has 104 valence electrons. The molecule has 0 spiro atoms. The van der Waals surface area contributed by atoms with Crippen molar-refractivity contribution in [3.05, 3.63) is 57.3 Å². The number of aromatic nitrogens is 1. The van der Waals surface area contributed by atoms with Crippen LogP contribution >= 0.6 is 15.9 Å². The quantitative estimate of drug-likeness (QED) is 0.737. The van der Waals surface area contributed by atoms with E-state index in [4.69, 9.17) is 0 Å². The van der Waals surface area contributed by atoms with Crippen molar-refractivity contribution in [2.45, 2.75) is 13.8 Å². The van der Waals surface area contributed by atoms with Crippen molar-refractivity contribution in [1.29, 1.82) is 0 Å². The molecule has 0 atom stereocenters. The van der Waals surface area contributed by atoms with Crippen LogP contribution in [-0.2, 0) is 0 Å². The summed E-state index contributed by atoms with van der Waals surface area (Å²) in [7, 11) is 0. The highest BCUT2D eigenvalue weighted by Crippen LogP contribution is 2.11. The molecule has 0 unspecified atom stereocenters. The van der Waals surface area contributed by atoms with Crippen molar-refractivity contribution >= 4 is 27.7 Å². The van der Waals surface area contributed by atoms with Gasteiger partial charge in [0.2, 0.25) is 0 Å². The van der Waals surface area contributed by atoms with E-state index < -0.39 is 5.91 Å². The minimum Gasteiger partial charge on any atom is -0.356 e. The first-order chi connectivity index (χ1) is 9.47. The molecule has 0 saturated carbocycles. The fraction of sp³-hybridized carbons (Fsp3) is 0.143. The molecule has 2 amide bonds. The lowest BCUT2D eigenvalue weighted by Crippen LogP contribution is -2.42. The normalized spacial score (nSPS) is 10.2. The van der Waals surface area contributed by atoms with Crippen LogP contribution < -0.4 is 10.9 Å². The number of carbonyl (C=O) groups is 2. The average Bonchev–Trinajstić information content (AvgIpc) is 2.82. The standard InChI is InChI=1S/C14H14BrN3O2/c1-8-3-4-11(9(2)5-8)13(19)17-18-14(20)12-6-10(15)7-16-12/h3-7,16H,1-2H3,(H,17,19)(H,18,20). The van der Waals surface area contributed by atoms with E-state index in [2.05, 4.69) is 31.8 Å². The van der Waals surface area contributed by atoms with Gasteiger partial charge in [0.25, 0.3) is 11.8 Å². The third-order valence-corrected chi connectivity index (χ3v) is 3.27. The van der Waals surface area contributed by atoms with Crippen LogP contribution in [0.25, 0.3) is 0 Å². The average molecular weight is 336 g/mol. The Kier molecular flexibility index (Phi) is 4.24. The van der Waals surface area contributed by atoms with Crippen LogP contribution in [0.2, 0.25) is 0 Å². The first-order valence-electron chi connectivity index (χ1n) is 5.99. The Morgan fingerprint density at radius 3 is 2.40 bits per heavy atom. The maximum Gasteiger partial charge on any atom is 0.286 e. The molecule has 0 radical (unpaired) electrons. The number of carbonyl (C=O) groups excluding carboxylic acids is 2. The molecular weight excluding hydrogens is 322 g/mol. The molecule has 0 aliphatic heterocycles. The first-order valence-corrected chi connectivity index (χ1v) is 6.78. The van der Waals surface area contributed by atoms with Gasteiger partial charge >= 0.3 is 0 Å². The number of H-pyrrole nitrogens is 1. The fourth-order valence-corrected chi connectivity index (χ4v) is 2.16. The van der Waals surface area contributed by atoms with Crippen molar-refractivity contribution in [2.24, 2.45) is 0 Å². The van der Waals surface area contributed by atoms with Crippen molar-refractivity contribution in [3.8, 4) is 0 Å². The van der Waals surface area contributed by atoms with Crippen molar-refractivity contribution in [2.75, 3.05) is 0 Å². The second-order valence-corrected chi connectivity index (χ2v) is 5.37. The van der Waals surface area contributed by atoms with Crippen LogP contribution in [0.1, 0.15) is 32.0 Å². The third kappa shape index (κ3) is 3.27. The molecule has 2 aromatic rings. The number of rotatable bonds is 2. The molecule has 1 heterocycles. The molecule has 20 heavy (non-hydrogen) atoms. The van der Waals surface area contributed by atoms with Gasteiger partial charge in [0.15, 0.2) is 0 Å². The number of hydrogen-bond acceptors (Lipinski definition) is 2. The summed E-state index contributed by atoms with van der Waals surface area (Å²) < 4.78 is 0.767. The van der Waals surface area contributed by atoms with Gasteiger partial charge in [-0.15, -0.1) is 0 Å². The molecule has 1 aromatic carbocycles. The Morgan fingerprint density at radius 1 is 1.10 bits per heavy atom. The number of aromatic amines is 1. The molecule has 0 aliphatic rings. The molecule has 1 aromatic heterocycles. The van der Waals surface area contributed by atoms with Gasteiger partial charge in [0.05, 0.1) is 0 Å². The molecular formula is C14H14BrN3O2. The highest BCUT2D eigenvalue weighted by atomic mass is 79.9. The Balaban J connectivity index is 2.00.